The Morgan fingerprint density at radius 1 is 1.03 bits per heavy atom. The average molecular weight is 404 g/mol. The Balaban J connectivity index is 1.56. The van der Waals surface area contributed by atoms with Crippen molar-refractivity contribution in [2.75, 3.05) is 0 Å². The second-order valence-electron chi connectivity index (χ2n) is 7.65. The SMILES string of the molecule is Cc1ccc(C(=O)NCc2cccc3c2C(=O)C(C2CCC(=O)NC2=O)C3=O)cc1. The van der Waals surface area contributed by atoms with Gasteiger partial charge in [-0.2, -0.15) is 0 Å². The van der Waals surface area contributed by atoms with Crippen LogP contribution in [-0.4, -0.2) is 29.3 Å². The first-order valence-corrected chi connectivity index (χ1v) is 9.75. The number of amides is 3. The molecule has 4 rings (SSSR count). The highest BCUT2D eigenvalue weighted by atomic mass is 16.2. The molecule has 30 heavy (non-hydrogen) atoms. The Morgan fingerprint density at radius 3 is 2.47 bits per heavy atom. The number of rotatable bonds is 4. The van der Waals surface area contributed by atoms with Gasteiger partial charge in [-0.15, -0.1) is 0 Å². The summed E-state index contributed by atoms with van der Waals surface area (Å²) in [5, 5.41) is 4.99. The molecule has 2 aromatic rings. The van der Waals surface area contributed by atoms with Gasteiger partial charge in [-0.05, 0) is 31.0 Å². The highest BCUT2D eigenvalue weighted by molar-refractivity contribution is 6.28. The topological polar surface area (TPSA) is 109 Å². The van der Waals surface area contributed by atoms with Crippen LogP contribution in [-0.2, 0) is 16.1 Å². The van der Waals surface area contributed by atoms with E-state index in [0.29, 0.717) is 11.1 Å². The van der Waals surface area contributed by atoms with E-state index >= 15 is 0 Å². The fraction of sp³-hybridized carbons (Fsp3) is 0.261. The molecule has 0 aromatic heterocycles. The van der Waals surface area contributed by atoms with E-state index in [0.717, 1.165) is 5.56 Å². The van der Waals surface area contributed by atoms with Gasteiger partial charge in [0.1, 0.15) is 0 Å². The highest BCUT2D eigenvalue weighted by Crippen LogP contribution is 2.36. The molecule has 2 aliphatic rings. The smallest absolute Gasteiger partial charge is 0.251 e. The maximum atomic E-state index is 13.1. The summed E-state index contributed by atoms with van der Waals surface area (Å²) in [5.41, 5.74) is 2.58. The summed E-state index contributed by atoms with van der Waals surface area (Å²) < 4.78 is 0. The standard InChI is InChI=1S/C23H20N2O5/c1-12-5-7-13(8-6-12)22(29)24-11-14-3-2-4-15-18(14)21(28)19(20(15)27)16-9-10-17(26)25-23(16)30/h2-8,16,19H,9-11H2,1H3,(H,24,29)(H,25,26,30). The molecule has 0 radical (unpaired) electrons. The van der Waals surface area contributed by atoms with E-state index in [1.165, 1.54) is 0 Å². The maximum absolute atomic E-state index is 13.1. The number of ketones is 2. The van der Waals surface area contributed by atoms with E-state index in [2.05, 4.69) is 10.6 Å². The third-order valence-electron chi connectivity index (χ3n) is 5.66. The van der Waals surface area contributed by atoms with Crippen LogP contribution in [0.25, 0.3) is 0 Å². The number of hydrogen-bond donors (Lipinski definition) is 2. The zero-order valence-corrected chi connectivity index (χ0v) is 16.4. The fourth-order valence-corrected chi connectivity index (χ4v) is 4.06. The number of benzene rings is 2. The molecule has 2 unspecified atom stereocenters. The van der Waals surface area contributed by atoms with Crippen LogP contribution in [0, 0.1) is 18.8 Å². The van der Waals surface area contributed by atoms with Gasteiger partial charge in [0.05, 0.1) is 11.8 Å². The minimum Gasteiger partial charge on any atom is -0.348 e. The lowest BCUT2D eigenvalue weighted by molar-refractivity contribution is -0.137. The maximum Gasteiger partial charge on any atom is 0.251 e. The highest BCUT2D eigenvalue weighted by Gasteiger charge is 2.48. The predicted octanol–water partition coefficient (Wildman–Crippen LogP) is 1.97. The zero-order valence-electron chi connectivity index (χ0n) is 16.4. The Labute approximate surface area is 172 Å². The molecule has 2 N–H and O–H groups in total. The van der Waals surface area contributed by atoms with Crippen LogP contribution in [0.3, 0.4) is 0 Å². The van der Waals surface area contributed by atoms with Crippen LogP contribution in [0.4, 0.5) is 0 Å². The number of Topliss-reactive ketones (excluding diaryl/α,β-unsaturated/α-hetero) is 2. The molecule has 7 heteroatoms. The lowest BCUT2D eigenvalue weighted by Crippen LogP contribution is -2.46. The molecule has 1 saturated heterocycles. The molecule has 3 amide bonds. The number of nitrogens with one attached hydrogen (secondary N) is 2. The Kier molecular flexibility index (Phi) is 5.03. The van der Waals surface area contributed by atoms with Gasteiger partial charge in [0.15, 0.2) is 11.6 Å². The van der Waals surface area contributed by atoms with E-state index in [4.69, 9.17) is 0 Å². The lowest BCUT2D eigenvalue weighted by atomic mass is 9.82. The molecule has 1 fully saturated rings. The normalized spacial score (nSPS) is 20.7. The molecule has 1 aliphatic heterocycles. The van der Waals surface area contributed by atoms with Crippen LogP contribution < -0.4 is 10.6 Å². The average Bonchev–Trinajstić information content (AvgIpc) is 2.98. The van der Waals surface area contributed by atoms with Crippen molar-refractivity contribution in [2.45, 2.75) is 26.3 Å². The van der Waals surface area contributed by atoms with Crippen molar-refractivity contribution in [3.05, 3.63) is 70.3 Å². The Bertz CT molecular complexity index is 1090. The predicted molar refractivity (Wildman–Crippen MR) is 107 cm³/mol. The van der Waals surface area contributed by atoms with E-state index in [1.807, 2.05) is 19.1 Å². The van der Waals surface area contributed by atoms with Crippen molar-refractivity contribution in [1.82, 2.24) is 10.6 Å². The fourth-order valence-electron chi connectivity index (χ4n) is 4.06. The molecule has 1 heterocycles. The molecule has 0 saturated carbocycles. The number of hydrogen-bond acceptors (Lipinski definition) is 5. The van der Waals surface area contributed by atoms with Crippen molar-refractivity contribution in [3.63, 3.8) is 0 Å². The molecule has 0 spiro atoms. The number of fused-ring (bicyclic) bond motifs is 1. The van der Waals surface area contributed by atoms with Crippen LogP contribution in [0.5, 0.6) is 0 Å². The molecule has 0 bridgehead atoms. The van der Waals surface area contributed by atoms with E-state index in [-0.39, 0.29) is 36.4 Å². The monoisotopic (exact) mass is 404 g/mol. The van der Waals surface area contributed by atoms with Gasteiger partial charge in [0, 0.05) is 29.7 Å². The van der Waals surface area contributed by atoms with Crippen molar-refractivity contribution in [3.8, 4) is 0 Å². The first kappa shape index (κ1) is 19.7. The van der Waals surface area contributed by atoms with Gasteiger partial charge in [0.25, 0.3) is 5.91 Å². The minimum atomic E-state index is -1.12. The van der Waals surface area contributed by atoms with E-state index in [9.17, 15) is 24.0 Å². The summed E-state index contributed by atoms with van der Waals surface area (Å²) >= 11 is 0. The molecular formula is C23H20N2O5. The Morgan fingerprint density at radius 2 is 1.77 bits per heavy atom. The van der Waals surface area contributed by atoms with Crippen LogP contribution in [0.1, 0.15) is 55.0 Å². The second kappa shape index (κ2) is 7.67. The number of imide groups is 1. The van der Waals surface area contributed by atoms with Crippen molar-refractivity contribution < 1.29 is 24.0 Å². The van der Waals surface area contributed by atoms with Crippen LogP contribution in [0.2, 0.25) is 0 Å². The molecule has 2 atom stereocenters. The molecule has 1 aliphatic carbocycles. The van der Waals surface area contributed by atoms with Crippen molar-refractivity contribution in [2.24, 2.45) is 11.8 Å². The molecule has 7 nitrogen and oxygen atoms in total. The lowest BCUT2D eigenvalue weighted by Gasteiger charge is -2.24. The quantitative estimate of drug-likeness (QED) is 0.598. The van der Waals surface area contributed by atoms with Gasteiger partial charge in [-0.3, -0.25) is 29.3 Å². The summed E-state index contributed by atoms with van der Waals surface area (Å²) in [7, 11) is 0. The van der Waals surface area contributed by atoms with Gasteiger partial charge in [-0.25, -0.2) is 0 Å². The molecule has 2 aromatic carbocycles. The summed E-state index contributed by atoms with van der Waals surface area (Å²) in [6, 6.07) is 12.0. The zero-order chi connectivity index (χ0) is 21.4. The summed E-state index contributed by atoms with van der Waals surface area (Å²) in [6.07, 6.45) is 0.267. The Hall–Kier alpha value is -3.61. The third kappa shape index (κ3) is 3.43. The summed E-state index contributed by atoms with van der Waals surface area (Å²) in [5.74, 6) is -4.08. The summed E-state index contributed by atoms with van der Waals surface area (Å²) in [6.45, 7) is 2.01. The number of aryl methyl sites for hydroxylation is 1. The third-order valence-corrected chi connectivity index (χ3v) is 5.66. The van der Waals surface area contributed by atoms with Gasteiger partial charge in [-0.1, -0.05) is 35.9 Å². The second-order valence-corrected chi connectivity index (χ2v) is 7.65. The van der Waals surface area contributed by atoms with Crippen molar-refractivity contribution >= 4 is 29.3 Å². The first-order valence-electron chi connectivity index (χ1n) is 9.75. The van der Waals surface area contributed by atoms with Gasteiger partial charge in [0.2, 0.25) is 11.8 Å². The van der Waals surface area contributed by atoms with E-state index < -0.39 is 35.2 Å². The van der Waals surface area contributed by atoms with Crippen LogP contribution in [0.15, 0.2) is 42.5 Å². The van der Waals surface area contributed by atoms with Crippen LogP contribution >= 0.6 is 0 Å². The number of piperidine rings is 1. The number of carbonyl (C=O) groups is 5. The minimum absolute atomic E-state index is 0.0803. The van der Waals surface area contributed by atoms with Gasteiger partial charge >= 0.3 is 0 Å². The molecule has 152 valence electrons. The number of carbonyl (C=O) groups excluding carboxylic acids is 5. The first-order chi connectivity index (χ1) is 14.4. The van der Waals surface area contributed by atoms with Crippen molar-refractivity contribution in [1.29, 1.82) is 0 Å². The summed E-state index contributed by atoms with van der Waals surface area (Å²) in [4.78, 5) is 62.1. The molecular weight excluding hydrogens is 384 g/mol. The van der Waals surface area contributed by atoms with E-state index in [1.54, 1.807) is 30.3 Å². The largest absolute Gasteiger partial charge is 0.348 e. The van der Waals surface area contributed by atoms with Gasteiger partial charge < -0.3 is 5.32 Å².